The molecule has 0 saturated carbocycles. The topological polar surface area (TPSA) is 20.2 Å². The summed E-state index contributed by atoms with van der Waals surface area (Å²) in [6.07, 6.45) is 4.91. The first-order valence-electron chi connectivity index (χ1n) is 5.76. The monoisotopic (exact) mass is 224 g/mol. The van der Waals surface area contributed by atoms with Crippen molar-refractivity contribution in [3.05, 3.63) is 71.3 Å². The number of hydrogen-bond donors (Lipinski definition) is 1. The van der Waals surface area contributed by atoms with Gasteiger partial charge in [-0.2, -0.15) is 0 Å². The van der Waals surface area contributed by atoms with Crippen LogP contribution in [-0.2, 0) is 6.42 Å². The van der Waals surface area contributed by atoms with Gasteiger partial charge in [-0.1, -0.05) is 60.2 Å². The van der Waals surface area contributed by atoms with Gasteiger partial charge in [-0.25, -0.2) is 0 Å². The number of aromatic hydroxyl groups is 1. The molecule has 0 aliphatic rings. The van der Waals surface area contributed by atoms with Gasteiger partial charge in [-0.3, -0.25) is 0 Å². The number of benzene rings is 2. The Bertz CT molecular complexity index is 527. The Morgan fingerprint density at radius 2 is 1.88 bits per heavy atom. The summed E-state index contributed by atoms with van der Waals surface area (Å²) in [5.74, 6) is 0.362. The van der Waals surface area contributed by atoms with E-state index in [4.69, 9.17) is 0 Å². The summed E-state index contributed by atoms with van der Waals surface area (Å²) in [4.78, 5) is 0. The van der Waals surface area contributed by atoms with E-state index in [1.807, 2.05) is 18.2 Å². The smallest absolute Gasteiger partial charge is 0.119 e. The van der Waals surface area contributed by atoms with Gasteiger partial charge in [0.2, 0.25) is 0 Å². The summed E-state index contributed by atoms with van der Waals surface area (Å²) in [7, 11) is 0. The maximum Gasteiger partial charge on any atom is 0.119 e. The number of hydrogen-bond acceptors (Lipinski definition) is 1. The van der Waals surface area contributed by atoms with Crippen molar-refractivity contribution in [2.24, 2.45) is 0 Å². The summed E-state index contributed by atoms with van der Waals surface area (Å²) in [5.41, 5.74) is 3.41. The van der Waals surface area contributed by atoms with Crippen LogP contribution in [0, 0.1) is 6.92 Å². The van der Waals surface area contributed by atoms with Crippen molar-refractivity contribution in [3.8, 4) is 5.75 Å². The van der Waals surface area contributed by atoms with Crippen molar-refractivity contribution in [2.45, 2.75) is 13.3 Å². The molecule has 1 nitrogen and oxygen atoms in total. The van der Waals surface area contributed by atoms with Crippen LogP contribution in [0.25, 0.3) is 6.08 Å². The SMILES string of the molecule is Cc1cccc(/C=C/Cc2ccccc2O)c1. The zero-order chi connectivity index (χ0) is 12.1. The summed E-state index contributed by atoms with van der Waals surface area (Å²) in [5, 5.41) is 9.62. The second-order valence-electron chi connectivity index (χ2n) is 4.15. The van der Waals surface area contributed by atoms with Gasteiger partial charge in [0.1, 0.15) is 5.75 Å². The molecule has 0 aromatic heterocycles. The normalized spacial score (nSPS) is 10.9. The van der Waals surface area contributed by atoms with E-state index in [1.165, 1.54) is 11.1 Å². The molecule has 1 N–H and O–H groups in total. The van der Waals surface area contributed by atoms with Crippen LogP contribution < -0.4 is 0 Å². The molecule has 2 rings (SSSR count). The molecule has 0 atom stereocenters. The molecule has 0 radical (unpaired) electrons. The first-order chi connectivity index (χ1) is 8.25. The van der Waals surface area contributed by atoms with E-state index in [-0.39, 0.29) is 0 Å². The minimum absolute atomic E-state index is 0.362. The van der Waals surface area contributed by atoms with Crippen molar-refractivity contribution >= 4 is 6.08 Å². The van der Waals surface area contributed by atoms with Crippen LogP contribution in [0.5, 0.6) is 5.75 Å². The molecule has 0 bridgehead atoms. The molecule has 0 aliphatic heterocycles. The van der Waals surface area contributed by atoms with Gasteiger partial charge in [0.05, 0.1) is 0 Å². The van der Waals surface area contributed by atoms with Crippen molar-refractivity contribution < 1.29 is 5.11 Å². The number of rotatable bonds is 3. The van der Waals surface area contributed by atoms with Gasteiger partial charge in [0.15, 0.2) is 0 Å². The molecule has 17 heavy (non-hydrogen) atoms. The Kier molecular flexibility index (Phi) is 3.61. The Hall–Kier alpha value is -2.02. The molecule has 2 aromatic carbocycles. The predicted molar refractivity (Wildman–Crippen MR) is 72.0 cm³/mol. The number of aryl methyl sites for hydroxylation is 1. The lowest BCUT2D eigenvalue weighted by atomic mass is 10.1. The predicted octanol–water partition coefficient (Wildman–Crippen LogP) is 3.96. The van der Waals surface area contributed by atoms with E-state index < -0.39 is 0 Å². The maximum atomic E-state index is 9.62. The molecular formula is C16H16O. The minimum atomic E-state index is 0.362. The first kappa shape index (κ1) is 11.5. The Morgan fingerprint density at radius 3 is 2.65 bits per heavy atom. The van der Waals surface area contributed by atoms with Crippen LogP contribution in [0.15, 0.2) is 54.6 Å². The molecule has 0 heterocycles. The van der Waals surface area contributed by atoms with Crippen LogP contribution in [0.4, 0.5) is 0 Å². The van der Waals surface area contributed by atoms with Crippen molar-refractivity contribution in [3.63, 3.8) is 0 Å². The van der Waals surface area contributed by atoms with Gasteiger partial charge in [-0.15, -0.1) is 0 Å². The Morgan fingerprint density at radius 1 is 1.06 bits per heavy atom. The third kappa shape index (κ3) is 3.22. The fraction of sp³-hybridized carbons (Fsp3) is 0.125. The summed E-state index contributed by atoms with van der Waals surface area (Å²) >= 11 is 0. The van der Waals surface area contributed by atoms with E-state index in [1.54, 1.807) is 6.07 Å². The third-order valence-electron chi connectivity index (χ3n) is 2.68. The van der Waals surface area contributed by atoms with E-state index >= 15 is 0 Å². The summed E-state index contributed by atoms with van der Waals surface area (Å²) in [6, 6.07) is 15.8. The lowest BCUT2D eigenvalue weighted by Crippen LogP contribution is -1.81. The highest BCUT2D eigenvalue weighted by Gasteiger charge is 1.95. The average Bonchev–Trinajstić information content (AvgIpc) is 2.32. The van der Waals surface area contributed by atoms with Crippen LogP contribution in [0.1, 0.15) is 16.7 Å². The van der Waals surface area contributed by atoms with Gasteiger partial charge < -0.3 is 5.11 Å². The minimum Gasteiger partial charge on any atom is -0.508 e. The molecule has 0 fully saturated rings. The molecule has 0 aliphatic carbocycles. The van der Waals surface area contributed by atoms with Crippen LogP contribution >= 0.6 is 0 Å². The van der Waals surface area contributed by atoms with Crippen LogP contribution in [0.2, 0.25) is 0 Å². The van der Waals surface area contributed by atoms with E-state index in [9.17, 15) is 5.11 Å². The maximum absolute atomic E-state index is 9.62. The molecule has 0 amide bonds. The lowest BCUT2D eigenvalue weighted by Gasteiger charge is -2.00. The van der Waals surface area contributed by atoms with Crippen LogP contribution in [0.3, 0.4) is 0 Å². The number of phenolic OH excluding ortho intramolecular Hbond substituents is 1. The summed E-state index contributed by atoms with van der Waals surface area (Å²) < 4.78 is 0. The fourth-order valence-corrected chi connectivity index (χ4v) is 1.78. The largest absolute Gasteiger partial charge is 0.508 e. The van der Waals surface area contributed by atoms with Crippen molar-refractivity contribution in [1.29, 1.82) is 0 Å². The van der Waals surface area contributed by atoms with Gasteiger partial charge in [-0.05, 0) is 30.5 Å². The number of allylic oxidation sites excluding steroid dienone is 1. The molecule has 0 spiro atoms. The van der Waals surface area contributed by atoms with E-state index in [2.05, 4.69) is 43.3 Å². The quantitative estimate of drug-likeness (QED) is 0.836. The molecule has 0 unspecified atom stereocenters. The molecular weight excluding hydrogens is 208 g/mol. The van der Waals surface area contributed by atoms with Gasteiger partial charge in [0, 0.05) is 0 Å². The van der Waals surface area contributed by atoms with E-state index in [0.29, 0.717) is 5.75 Å². The third-order valence-corrected chi connectivity index (χ3v) is 2.68. The molecule has 2 aromatic rings. The molecule has 86 valence electrons. The second-order valence-corrected chi connectivity index (χ2v) is 4.15. The zero-order valence-electron chi connectivity index (χ0n) is 9.93. The second kappa shape index (κ2) is 5.35. The van der Waals surface area contributed by atoms with E-state index in [0.717, 1.165) is 12.0 Å². The van der Waals surface area contributed by atoms with Crippen molar-refractivity contribution in [1.82, 2.24) is 0 Å². The zero-order valence-corrected chi connectivity index (χ0v) is 9.93. The average molecular weight is 224 g/mol. The lowest BCUT2D eigenvalue weighted by molar-refractivity contribution is 0.470. The highest BCUT2D eigenvalue weighted by molar-refractivity contribution is 5.51. The molecule has 0 saturated heterocycles. The van der Waals surface area contributed by atoms with Gasteiger partial charge >= 0.3 is 0 Å². The number of para-hydroxylation sites is 1. The highest BCUT2D eigenvalue weighted by atomic mass is 16.3. The fourth-order valence-electron chi connectivity index (χ4n) is 1.78. The standard InChI is InChI=1S/C16H16O/c1-13-6-4-7-14(12-13)8-5-10-15-9-2-3-11-16(15)17/h2-9,11-12,17H,10H2,1H3/b8-5+. The Labute approximate surface area is 102 Å². The Balaban J connectivity index is 2.06. The molecule has 1 heteroatoms. The summed E-state index contributed by atoms with van der Waals surface area (Å²) in [6.45, 7) is 2.08. The van der Waals surface area contributed by atoms with Crippen LogP contribution in [-0.4, -0.2) is 5.11 Å². The first-order valence-corrected chi connectivity index (χ1v) is 5.76. The highest BCUT2D eigenvalue weighted by Crippen LogP contribution is 2.17. The van der Waals surface area contributed by atoms with Gasteiger partial charge in [0.25, 0.3) is 0 Å². The van der Waals surface area contributed by atoms with Crippen molar-refractivity contribution in [2.75, 3.05) is 0 Å². The number of phenols is 1.